The first kappa shape index (κ1) is 12.1. The molecule has 0 aliphatic rings. The maximum Gasteiger partial charge on any atom is 0.270 e. The van der Waals surface area contributed by atoms with Crippen LogP contribution >= 0.6 is 0 Å². The Labute approximate surface area is 91.5 Å². The van der Waals surface area contributed by atoms with Crippen LogP contribution in [0.25, 0.3) is 0 Å². The Kier molecular flexibility index (Phi) is 3.42. The number of unbranched alkanes of at least 4 members (excludes halogenated alkanes) is 1. The van der Waals surface area contributed by atoms with Gasteiger partial charge in [-0.15, -0.1) is 0 Å². The predicted octanol–water partition coefficient (Wildman–Crippen LogP) is 2.35. The van der Waals surface area contributed by atoms with Crippen molar-refractivity contribution in [2.45, 2.75) is 52.4 Å². The molecule has 86 valence electrons. The molecule has 1 N–H and O–H groups in total. The van der Waals surface area contributed by atoms with E-state index in [1.54, 1.807) is 11.7 Å². The maximum atomic E-state index is 11.9. The van der Waals surface area contributed by atoms with Crippen LogP contribution in [0, 0.1) is 0 Å². The smallest absolute Gasteiger partial charge is 0.270 e. The third-order valence-electron chi connectivity index (χ3n) is 2.65. The molecular weight excluding hydrogens is 188 g/mol. The molecule has 0 aliphatic carbocycles. The van der Waals surface area contributed by atoms with Gasteiger partial charge in [-0.1, -0.05) is 34.1 Å². The molecule has 0 spiro atoms. The van der Waals surface area contributed by atoms with Crippen molar-refractivity contribution in [1.29, 1.82) is 0 Å². The van der Waals surface area contributed by atoms with Crippen LogP contribution in [0.5, 0.6) is 0 Å². The van der Waals surface area contributed by atoms with Crippen molar-refractivity contribution >= 4 is 0 Å². The van der Waals surface area contributed by atoms with E-state index in [4.69, 9.17) is 0 Å². The van der Waals surface area contributed by atoms with Gasteiger partial charge in [0, 0.05) is 18.3 Å². The number of nitrogens with zero attached hydrogens (tertiary/aromatic N) is 1. The zero-order chi connectivity index (χ0) is 11.6. The van der Waals surface area contributed by atoms with Crippen molar-refractivity contribution in [3.05, 3.63) is 21.6 Å². The van der Waals surface area contributed by atoms with Gasteiger partial charge in [-0.25, -0.2) is 0 Å². The van der Waals surface area contributed by atoms with Crippen molar-refractivity contribution < 1.29 is 0 Å². The molecule has 0 unspecified atom stereocenters. The van der Waals surface area contributed by atoms with Gasteiger partial charge in [0.1, 0.15) is 0 Å². The summed E-state index contributed by atoms with van der Waals surface area (Å²) in [5.74, 6) is 0. The highest BCUT2D eigenvalue weighted by Gasteiger charge is 2.24. The minimum atomic E-state index is -0.0715. The Morgan fingerprint density at radius 2 is 1.93 bits per heavy atom. The first-order valence-corrected chi connectivity index (χ1v) is 5.66. The fourth-order valence-electron chi connectivity index (χ4n) is 1.91. The highest BCUT2D eigenvalue weighted by molar-refractivity contribution is 5.25. The van der Waals surface area contributed by atoms with Gasteiger partial charge in [-0.05, 0) is 18.3 Å². The normalized spacial score (nSPS) is 12.1. The van der Waals surface area contributed by atoms with Crippen LogP contribution in [0.1, 0.15) is 51.8 Å². The molecule has 1 aromatic heterocycles. The molecule has 0 saturated carbocycles. The number of aryl methyl sites for hydroxylation is 2. The molecule has 0 atom stereocenters. The number of nitrogens with one attached hydrogen (secondary N) is 1. The van der Waals surface area contributed by atoms with Crippen LogP contribution in [0.3, 0.4) is 0 Å². The fraction of sp³-hybridized carbons (Fsp3) is 0.750. The molecule has 3 heteroatoms. The van der Waals surface area contributed by atoms with E-state index in [9.17, 15) is 4.79 Å². The standard InChI is InChI=1S/C12H22N2O/c1-6-7-8-9-10(12(2,3)4)11(15)14(5)13-9/h13H,6-8H2,1-5H3. The first-order valence-electron chi connectivity index (χ1n) is 5.66. The molecule has 1 rings (SSSR count). The Morgan fingerprint density at radius 3 is 2.40 bits per heavy atom. The van der Waals surface area contributed by atoms with Crippen molar-refractivity contribution in [3.63, 3.8) is 0 Å². The maximum absolute atomic E-state index is 11.9. The fourth-order valence-corrected chi connectivity index (χ4v) is 1.91. The van der Waals surface area contributed by atoms with E-state index >= 15 is 0 Å². The Hall–Kier alpha value is -0.990. The van der Waals surface area contributed by atoms with Crippen molar-refractivity contribution in [2.24, 2.45) is 7.05 Å². The summed E-state index contributed by atoms with van der Waals surface area (Å²) in [4.78, 5) is 11.9. The molecule has 0 radical (unpaired) electrons. The topological polar surface area (TPSA) is 37.8 Å². The van der Waals surface area contributed by atoms with Gasteiger partial charge in [0.05, 0.1) is 0 Å². The monoisotopic (exact) mass is 210 g/mol. The summed E-state index contributed by atoms with van der Waals surface area (Å²) in [5, 5.41) is 3.16. The largest absolute Gasteiger partial charge is 0.300 e. The van der Waals surface area contributed by atoms with E-state index in [0.717, 1.165) is 30.5 Å². The predicted molar refractivity (Wildman–Crippen MR) is 63.3 cm³/mol. The zero-order valence-corrected chi connectivity index (χ0v) is 10.5. The molecule has 0 aliphatic heterocycles. The minimum absolute atomic E-state index is 0.0715. The van der Waals surface area contributed by atoms with Gasteiger partial charge in [-0.2, -0.15) is 0 Å². The molecule has 1 aromatic rings. The first-order chi connectivity index (χ1) is 6.88. The lowest BCUT2D eigenvalue weighted by Gasteiger charge is -2.17. The average Bonchev–Trinajstić information content (AvgIpc) is 2.38. The summed E-state index contributed by atoms with van der Waals surface area (Å²) < 4.78 is 1.59. The summed E-state index contributed by atoms with van der Waals surface area (Å²) in [5.41, 5.74) is 2.10. The molecule has 0 amide bonds. The van der Waals surface area contributed by atoms with Crippen LogP contribution in [0.4, 0.5) is 0 Å². The van der Waals surface area contributed by atoms with Gasteiger partial charge in [0.2, 0.25) is 0 Å². The van der Waals surface area contributed by atoms with Gasteiger partial charge >= 0.3 is 0 Å². The number of H-pyrrole nitrogens is 1. The number of aromatic amines is 1. The van der Waals surface area contributed by atoms with E-state index in [0.29, 0.717) is 0 Å². The van der Waals surface area contributed by atoms with Crippen molar-refractivity contribution in [1.82, 2.24) is 9.78 Å². The average molecular weight is 210 g/mol. The molecule has 0 aromatic carbocycles. The molecule has 3 nitrogen and oxygen atoms in total. The van der Waals surface area contributed by atoms with Crippen molar-refractivity contribution in [2.75, 3.05) is 0 Å². The highest BCUT2D eigenvalue weighted by Crippen LogP contribution is 2.22. The van der Waals surface area contributed by atoms with Crippen LogP contribution in [-0.2, 0) is 18.9 Å². The van der Waals surface area contributed by atoms with Gasteiger partial charge < -0.3 is 0 Å². The summed E-state index contributed by atoms with van der Waals surface area (Å²) in [6.07, 6.45) is 3.25. The number of aromatic nitrogens is 2. The van der Waals surface area contributed by atoms with Crippen molar-refractivity contribution in [3.8, 4) is 0 Å². The second kappa shape index (κ2) is 4.25. The quantitative estimate of drug-likeness (QED) is 0.817. The van der Waals surface area contributed by atoms with Crippen LogP contribution < -0.4 is 5.56 Å². The third-order valence-corrected chi connectivity index (χ3v) is 2.65. The van der Waals surface area contributed by atoms with Gasteiger partial charge in [0.25, 0.3) is 5.56 Å². The van der Waals surface area contributed by atoms with Gasteiger partial charge in [0.15, 0.2) is 0 Å². The molecular formula is C12H22N2O. The number of rotatable bonds is 3. The third kappa shape index (κ3) is 2.52. The molecule has 1 heterocycles. The van der Waals surface area contributed by atoms with E-state index in [2.05, 4.69) is 32.8 Å². The summed E-state index contributed by atoms with van der Waals surface area (Å²) in [7, 11) is 1.78. The Morgan fingerprint density at radius 1 is 1.33 bits per heavy atom. The van der Waals surface area contributed by atoms with E-state index in [-0.39, 0.29) is 11.0 Å². The lowest BCUT2D eigenvalue weighted by molar-refractivity contribution is 0.574. The molecule has 0 bridgehead atoms. The van der Waals surface area contributed by atoms with Crippen LogP contribution in [0.2, 0.25) is 0 Å². The number of hydrogen-bond donors (Lipinski definition) is 1. The summed E-state index contributed by atoms with van der Waals surface area (Å²) >= 11 is 0. The van der Waals surface area contributed by atoms with Crippen LogP contribution in [0.15, 0.2) is 4.79 Å². The van der Waals surface area contributed by atoms with Crippen LogP contribution in [-0.4, -0.2) is 9.78 Å². The molecule has 15 heavy (non-hydrogen) atoms. The minimum Gasteiger partial charge on any atom is -0.300 e. The second-order valence-corrected chi connectivity index (χ2v) is 5.18. The molecule has 0 fully saturated rings. The second-order valence-electron chi connectivity index (χ2n) is 5.18. The van der Waals surface area contributed by atoms with E-state index in [1.807, 2.05) is 0 Å². The number of hydrogen-bond acceptors (Lipinski definition) is 1. The molecule has 0 saturated heterocycles. The highest BCUT2D eigenvalue weighted by atomic mass is 16.1. The summed E-state index contributed by atoms with van der Waals surface area (Å²) in [6.45, 7) is 8.44. The zero-order valence-electron chi connectivity index (χ0n) is 10.5. The van der Waals surface area contributed by atoms with E-state index in [1.165, 1.54) is 0 Å². The Balaban J connectivity index is 3.16. The SMILES string of the molecule is CCCCc1[nH]n(C)c(=O)c1C(C)(C)C. The lowest BCUT2D eigenvalue weighted by Crippen LogP contribution is -2.25. The lowest BCUT2D eigenvalue weighted by atomic mass is 9.86. The van der Waals surface area contributed by atoms with E-state index < -0.39 is 0 Å². The summed E-state index contributed by atoms with van der Waals surface area (Å²) in [6, 6.07) is 0. The Bertz CT molecular complexity index is 379. The van der Waals surface area contributed by atoms with Gasteiger partial charge in [-0.3, -0.25) is 14.6 Å².